The highest BCUT2D eigenvalue weighted by atomic mass is 16.5. The normalized spacial score (nSPS) is 11.0. The number of nitrogens with two attached hydrogens (primary N) is 1. The first-order chi connectivity index (χ1) is 12.7. The van der Waals surface area contributed by atoms with Crippen LogP contribution in [0.2, 0.25) is 0 Å². The van der Waals surface area contributed by atoms with Crippen molar-refractivity contribution < 1.29 is 4.74 Å². The van der Waals surface area contributed by atoms with Crippen molar-refractivity contribution in [3.63, 3.8) is 0 Å². The van der Waals surface area contributed by atoms with Gasteiger partial charge in [0.15, 0.2) is 0 Å². The molecule has 26 heavy (non-hydrogen) atoms. The maximum absolute atomic E-state index is 5.97. The number of fused-ring (bicyclic) bond motifs is 1. The molecule has 4 heteroatoms. The van der Waals surface area contributed by atoms with E-state index in [0.717, 1.165) is 33.9 Å². The van der Waals surface area contributed by atoms with E-state index in [4.69, 9.17) is 15.5 Å². The molecule has 0 radical (unpaired) electrons. The summed E-state index contributed by atoms with van der Waals surface area (Å²) in [5, 5.41) is 0. The number of aryl methyl sites for hydroxylation is 1. The van der Waals surface area contributed by atoms with Crippen LogP contribution in [0, 0.1) is 6.92 Å². The molecule has 0 aliphatic rings. The Morgan fingerprint density at radius 3 is 2.65 bits per heavy atom. The van der Waals surface area contributed by atoms with Crippen LogP contribution in [0.1, 0.15) is 5.56 Å². The number of hydrogen-bond acceptors (Lipinski definition) is 3. The number of aromatic nitrogens is 2. The number of nitrogen functional groups attached to an aromatic ring is 1. The average Bonchev–Trinajstić information content (AvgIpc) is 3.01. The summed E-state index contributed by atoms with van der Waals surface area (Å²) in [6, 6.07) is 24.1. The van der Waals surface area contributed by atoms with Crippen molar-refractivity contribution in [3.05, 3.63) is 78.4 Å². The van der Waals surface area contributed by atoms with Crippen molar-refractivity contribution in [2.45, 2.75) is 13.5 Å². The Bertz CT molecular complexity index is 1050. The Hall–Kier alpha value is -3.27. The summed E-state index contributed by atoms with van der Waals surface area (Å²) in [6.07, 6.45) is 0. The summed E-state index contributed by atoms with van der Waals surface area (Å²) in [5.41, 5.74) is 11.0. The van der Waals surface area contributed by atoms with E-state index >= 15 is 0 Å². The molecular formula is C22H21N3O. The molecule has 0 amide bonds. The highest BCUT2D eigenvalue weighted by molar-refractivity contribution is 5.81. The molecule has 0 aliphatic heterocycles. The summed E-state index contributed by atoms with van der Waals surface area (Å²) < 4.78 is 8.14. The van der Waals surface area contributed by atoms with Gasteiger partial charge in [-0.3, -0.25) is 0 Å². The van der Waals surface area contributed by atoms with E-state index in [1.165, 1.54) is 5.56 Å². The number of ether oxygens (including phenoxy) is 1. The van der Waals surface area contributed by atoms with E-state index in [1.54, 1.807) is 0 Å². The van der Waals surface area contributed by atoms with Gasteiger partial charge in [-0.15, -0.1) is 0 Å². The molecule has 0 unspecified atom stereocenters. The minimum absolute atomic E-state index is 0.569. The van der Waals surface area contributed by atoms with Crippen molar-refractivity contribution in [2.75, 3.05) is 12.3 Å². The number of imidazole rings is 1. The number of rotatable bonds is 5. The Morgan fingerprint density at radius 1 is 0.962 bits per heavy atom. The number of para-hydroxylation sites is 2. The molecule has 4 nitrogen and oxygen atoms in total. The molecular weight excluding hydrogens is 322 g/mol. The average molecular weight is 343 g/mol. The second-order valence-electron chi connectivity index (χ2n) is 6.37. The second-order valence-corrected chi connectivity index (χ2v) is 6.37. The van der Waals surface area contributed by atoms with Gasteiger partial charge >= 0.3 is 0 Å². The maximum Gasteiger partial charge on any atom is 0.141 e. The van der Waals surface area contributed by atoms with Gasteiger partial charge in [-0.05, 0) is 48.9 Å². The second kappa shape index (κ2) is 6.92. The first-order valence-electron chi connectivity index (χ1n) is 8.71. The lowest BCUT2D eigenvalue weighted by Gasteiger charge is -2.11. The zero-order valence-corrected chi connectivity index (χ0v) is 14.7. The minimum atomic E-state index is 0.569. The molecule has 0 bridgehead atoms. The van der Waals surface area contributed by atoms with Gasteiger partial charge in [0, 0.05) is 11.3 Å². The molecule has 2 N–H and O–H groups in total. The molecule has 0 saturated heterocycles. The van der Waals surface area contributed by atoms with Gasteiger partial charge in [-0.25, -0.2) is 4.98 Å². The van der Waals surface area contributed by atoms with E-state index < -0.39 is 0 Å². The van der Waals surface area contributed by atoms with Crippen LogP contribution in [0.3, 0.4) is 0 Å². The van der Waals surface area contributed by atoms with Crippen LogP contribution in [0.5, 0.6) is 5.75 Å². The maximum atomic E-state index is 5.97. The Morgan fingerprint density at radius 2 is 1.81 bits per heavy atom. The van der Waals surface area contributed by atoms with Gasteiger partial charge < -0.3 is 15.0 Å². The number of hydrogen-bond donors (Lipinski definition) is 1. The zero-order chi connectivity index (χ0) is 17.9. The van der Waals surface area contributed by atoms with Crippen LogP contribution in [-0.4, -0.2) is 16.2 Å². The lowest BCUT2D eigenvalue weighted by Crippen LogP contribution is -2.09. The number of benzene rings is 3. The molecule has 130 valence electrons. The van der Waals surface area contributed by atoms with Crippen molar-refractivity contribution in [1.29, 1.82) is 0 Å². The molecule has 4 rings (SSSR count). The summed E-state index contributed by atoms with van der Waals surface area (Å²) >= 11 is 0. The van der Waals surface area contributed by atoms with Crippen molar-refractivity contribution in [1.82, 2.24) is 9.55 Å². The highest BCUT2D eigenvalue weighted by Gasteiger charge is 2.12. The Kier molecular flexibility index (Phi) is 4.32. The van der Waals surface area contributed by atoms with Crippen molar-refractivity contribution in [3.8, 4) is 17.1 Å². The molecule has 0 aliphatic carbocycles. The predicted molar refractivity (Wildman–Crippen MR) is 106 cm³/mol. The number of anilines is 1. The summed E-state index contributed by atoms with van der Waals surface area (Å²) in [6.45, 7) is 3.34. The molecule has 0 fully saturated rings. The molecule has 0 spiro atoms. The molecule has 0 atom stereocenters. The van der Waals surface area contributed by atoms with Crippen LogP contribution in [0.4, 0.5) is 5.69 Å². The van der Waals surface area contributed by atoms with Gasteiger partial charge in [0.1, 0.15) is 18.2 Å². The monoisotopic (exact) mass is 343 g/mol. The minimum Gasteiger partial charge on any atom is -0.492 e. The van der Waals surface area contributed by atoms with Crippen LogP contribution >= 0.6 is 0 Å². The number of nitrogens with zero attached hydrogens (tertiary/aromatic N) is 2. The smallest absolute Gasteiger partial charge is 0.141 e. The third kappa shape index (κ3) is 3.26. The van der Waals surface area contributed by atoms with Gasteiger partial charge in [0.05, 0.1) is 17.6 Å². The molecule has 3 aromatic carbocycles. The SMILES string of the molecule is Cc1cccc(OCCn2c(-c3cccc(N)c3)nc3ccccc32)c1. The molecule has 1 aromatic heterocycles. The van der Waals surface area contributed by atoms with Gasteiger partial charge in [-0.1, -0.05) is 36.4 Å². The van der Waals surface area contributed by atoms with E-state index in [2.05, 4.69) is 23.6 Å². The first-order valence-corrected chi connectivity index (χ1v) is 8.71. The van der Waals surface area contributed by atoms with E-state index in [-0.39, 0.29) is 0 Å². The van der Waals surface area contributed by atoms with Crippen LogP contribution in [0.25, 0.3) is 22.4 Å². The van der Waals surface area contributed by atoms with Crippen LogP contribution in [-0.2, 0) is 6.54 Å². The topological polar surface area (TPSA) is 53.1 Å². The first kappa shape index (κ1) is 16.2. The lowest BCUT2D eigenvalue weighted by atomic mass is 10.2. The fraction of sp³-hybridized carbons (Fsp3) is 0.136. The fourth-order valence-electron chi connectivity index (χ4n) is 3.16. The van der Waals surface area contributed by atoms with Crippen molar-refractivity contribution >= 4 is 16.7 Å². The third-order valence-electron chi connectivity index (χ3n) is 4.37. The van der Waals surface area contributed by atoms with E-state index in [0.29, 0.717) is 13.2 Å². The highest BCUT2D eigenvalue weighted by Crippen LogP contribution is 2.26. The van der Waals surface area contributed by atoms with Gasteiger partial charge in [0.25, 0.3) is 0 Å². The third-order valence-corrected chi connectivity index (χ3v) is 4.37. The van der Waals surface area contributed by atoms with Gasteiger partial charge in [0.2, 0.25) is 0 Å². The summed E-state index contributed by atoms with van der Waals surface area (Å²) in [5.74, 6) is 1.80. The van der Waals surface area contributed by atoms with E-state index in [1.807, 2.05) is 60.7 Å². The molecule has 0 saturated carbocycles. The summed E-state index contributed by atoms with van der Waals surface area (Å²) in [7, 11) is 0. The summed E-state index contributed by atoms with van der Waals surface area (Å²) in [4.78, 5) is 4.82. The van der Waals surface area contributed by atoms with Crippen molar-refractivity contribution in [2.24, 2.45) is 0 Å². The quantitative estimate of drug-likeness (QED) is 0.536. The van der Waals surface area contributed by atoms with E-state index in [9.17, 15) is 0 Å². The Balaban J connectivity index is 1.65. The standard InChI is InChI=1S/C22H21N3O/c1-16-6-4-9-19(14-16)26-13-12-25-21-11-3-2-10-20(21)24-22(25)17-7-5-8-18(23)15-17/h2-11,14-15H,12-13,23H2,1H3. The van der Waals surface area contributed by atoms with Gasteiger partial charge in [-0.2, -0.15) is 0 Å². The Labute approximate surface area is 152 Å². The lowest BCUT2D eigenvalue weighted by molar-refractivity contribution is 0.300. The largest absolute Gasteiger partial charge is 0.492 e. The fourth-order valence-corrected chi connectivity index (χ4v) is 3.16. The van der Waals surface area contributed by atoms with Crippen LogP contribution < -0.4 is 10.5 Å². The molecule has 4 aromatic rings. The predicted octanol–water partition coefficient (Wildman–Crippen LogP) is 4.67. The van der Waals surface area contributed by atoms with Crippen LogP contribution in [0.15, 0.2) is 72.8 Å². The zero-order valence-electron chi connectivity index (χ0n) is 14.7. The molecule has 1 heterocycles.